The minimum atomic E-state index is -0.434. The molecule has 9 nitrogen and oxygen atoms in total. The van der Waals surface area contributed by atoms with Gasteiger partial charge in [-0.15, -0.1) is 0 Å². The van der Waals surface area contributed by atoms with Crippen LogP contribution in [-0.4, -0.2) is 37.0 Å². The minimum absolute atomic E-state index is 0.0656. The van der Waals surface area contributed by atoms with Crippen LogP contribution in [0.15, 0.2) is 65.8 Å². The highest BCUT2D eigenvalue weighted by Gasteiger charge is 2.24. The van der Waals surface area contributed by atoms with Crippen molar-refractivity contribution in [2.24, 2.45) is 5.10 Å². The van der Waals surface area contributed by atoms with E-state index in [1.807, 2.05) is 56.3 Å². The van der Waals surface area contributed by atoms with Crippen molar-refractivity contribution in [3.8, 4) is 11.5 Å². The number of amides is 1. The Kier molecular flexibility index (Phi) is 5.29. The lowest BCUT2D eigenvalue weighted by molar-refractivity contribution is 0.102. The van der Waals surface area contributed by atoms with Crippen molar-refractivity contribution in [3.63, 3.8) is 0 Å². The Morgan fingerprint density at radius 3 is 2.43 bits per heavy atom. The van der Waals surface area contributed by atoms with Crippen LogP contribution in [0, 0.1) is 13.8 Å². The van der Waals surface area contributed by atoms with Gasteiger partial charge in [0.05, 0.1) is 17.2 Å². The number of carbonyl (C=O) groups excluding carboxylic acids is 1. The number of phenols is 2. The molecule has 0 unspecified atom stereocenters. The lowest BCUT2D eigenvalue weighted by Gasteiger charge is -2.08. The Morgan fingerprint density at radius 1 is 0.971 bits per heavy atom. The molecule has 0 aliphatic heterocycles. The summed E-state index contributed by atoms with van der Waals surface area (Å²) in [6, 6.07) is 17.2. The van der Waals surface area contributed by atoms with E-state index < -0.39 is 5.91 Å². The molecule has 2 heterocycles. The minimum Gasteiger partial charge on any atom is -0.504 e. The average Bonchev–Trinajstić information content (AvgIpc) is 3.10. The molecule has 5 aromatic rings. The van der Waals surface area contributed by atoms with Gasteiger partial charge in [-0.2, -0.15) is 9.78 Å². The third kappa shape index (κ3) is 3.99. The number of nitrogens with zero attached hydrogens (tertiary/aromatic N) is 4. The molecule has 5 N–H and O–H groups in total. The molecule has 0 aliphatic rings. The lowest BCUT2D eigenvalue weighted by Crippen LogP contribution is -2.14. The van der Waals surface area contributed by atoms with Gasteiger partial charge in [0.2, 0.25) is 0 Å². The number of nitrogens with two attached hydrogens (primary N) is 1. The van der Waals surface area contributed by atoms with Crippen molar-refractivity contribution >= 4 is 45.8 Å². The monoisotopic (exact) mass is 466 g/mol. The van der Waals surface area contributed by atoms with Crippen molar-refractivity contribution in [3.05, 3.63) is 82.9 Å². The first-order valence-corrected chi connectivity index (χ1v) is 10.8. The van der Waals surface area contributed by atoms with E-state index in [4.69, 9.17) is 5.73 Å². The normalized spacial score (nSPS) is 11.5. The van der Waals surface area contributed by atoms with Crippen LogP contribution in [0.2, 0.25) is 0 Å². The number of nitrogens with one attached hydrogen (secondary N) is 1. The third-order valence-corrected chi connectivity index (χ3v) is 5.79. The van der Waals surface area contributed by atoms with Gasteiger partial charge < -0.3 is 21.3 Å². The van der Waals surface area contributed by atoms with E-state index in [1.54, 1.807) is 6.07 Å². The molecule has 174 valence electrons. The highest BCUT2D eigenvalue weighted by Crippen LogP contribution is 2.29. The van der Waals surface area contributed by atoms with Crippen LogP contribution in [-0.2, 0) is 0 Å². The number of nitrogen functional groups attached to an aromatic ring is 1. The number of para-hydroxylation sites is 2. The Labute approximate surface area is 200 Å². The molecule has 35 heavy (non-hydrogen) atoms. The number of hydrogen-bond donors (Lipinski definition) is 4. The van der Waals surface area contributed by atoms with E-state index >= 15 is 0 Å². The van der Waals surface area contributed by atoms with Crippen molar-refractivity contribution in [2.75, 3.05) is 11.1 Å². The summed E-state index contributed by atoms with van der Waals surface area (Å²) in [5, 5.41) is 26.6. The maximum absolute atomic E-state index is 13.4. The van der Waals surface area contributed by atoms with E-state index in [-0.39, 0.29) is 22.9 Å². The summed E-state index contributed by atoms with van der Waals surface area (Å²) < 4.78 is 1.34. The van der Waals surface area contributed by atoms with E-state index in [1.165, 1.54) is 23.0 Å². The molecule has 3 aromatic carbocycles. The Balaban J connectivity index is 1.65. The second kappa shape index (κ2) is 8.45. The van der Waals surface area contributed by atoms with Gasteiger partial charge >= 0.3 is 0 Å². The Hall–Kier alpha value is -4.92. The molecule has 0 aliphatic carbocycles. The lowest BCUT2D eigenvalue weighted by atomic mass is 10.1. The van der Waals surface area contributed by atoms with Crippen LogP contribution in [0.25, 0.3) is 22.2 Å². The average molecular weight is 467 g/mol. The van der Waals surface area contributed by atoms with Gasteiger partial charge in [-0.1, -0.05) is 18.2 Å². The number of fused-ring (bicyclic) bond motifs is 2. The largest absolute Gasteiger partial charge is 0.504 e. The molecule has 0 saturated carbocycles. The standard InChI is InChI=1S/C26H22N6O3/c1-14-7-9-17(11-15(14)2)29-26(35)22-23-25(31-19-6-4-3-5-18(19)30-23)32(24(22)27)28-13-16-8-10-20(33)21(34)12-16/h3-13,33-34H,27H2,1-2H3,(H,29,35)/b28-13-. The molecule has 1 amide bonds. The van der Waals surface area contributed by atoms with Gasteiger partial charge in [0.15, 0.2) is 17.1 Å². The third-order valence-electron chi connectivity index (χ3n) is 5.79. The zero-order chi connectivity index (χ0) is 24.7. The fourth-order valence-corrected chi connectivity index (χ4v) is 3.75. The van der Waals surface area contributed by atoms with Gasteiger partial charge in [0, 0.05) is 5.69 Å². The van der Waals surface area contributed by atoms with Crippen molar-refractivity contribution < 1.29 is 15.0 Å². The first kappa shape index (κ1) is 21.9. The van der Waals surface area contributed by atoms with Crippen molar-refractivity contribution in [1.29, 1.82) is 0 Å². The van der Waals surface area contributed by atoms with E-state index in [9.17, 15) is 15.0 Å². The number of aromatic nitrogens is 3. The van der Waals surface area contributed by atoms with Gasteiger partial charge in [-0.05, 0) is 73.0 Å². The Bertz CT molecular complexity index is 1650. The molecule has 0 spiro atoms. The molecule has 2 aromatic heterocycles. The molecule has 0 saturated heterocycles. The molecule has 0 radical (unpaired) electrons. The summed E-state index contributed by atoms with van der Waals surface area (Å²) in [4.78, 5) is 22.7. The van der Waals surface area contributed by atoms with Gasteiger partial charge in [0.25, 0.3) is 5.91 Å². The molecule has 0 fully saturated rings. The maximum atomic E-state index is 13.4. The zero-order valence-electron chi connectivity index (χ0n) is 19.0. The number of hydrogen-bond acceptors (Lipinski definition) is 7. The van der Waals surface area contributed by atoms with Gasteiger partial charge in [-0.3, -0.25) is 4.79 Å². The first-order chi connectivity index (χ1) is 16.8. The number of carbonyl (C=O) groups is 1. The number of aromatic hydroxyl groups is 2. The SMILES string of the molecule is Cc1ccc(NC(=O)c2c(N)n(/N=C\c3ccc(O)c(O)c3)c3nc4ccccc4nc23)cc1C. The van der Waals surface area contributed by atoms with E-state index in [2.05, 4.69) is 20.4 Å². The van der Waals surface area contributed by atoms with Crippen LogP contribution >= 0.6 is 0 Å². The van der Waals surface area contributed by atoms with Crippen molar-refractivity contribution in [2.45, 2.75) is 13.8 Å². The quantitative estimate of drug-likeness (QED) is 0.230. The number of anilines is 2. The molecule has 5 rings (SSSR count). The molecular formula is C26H22N6O3. The van der Waals surface area contributed by atoms with Gasteiger partial charge in [-0.25, -0.2) is 9.97 Å². The molecular weight excluding hydrogens is 444 g/mol. The summed E-state index contributed by atoms with van der Waals surface area (Å²) in [6.07, 6.45) is 1.44. The summed E-state index contributed by atoms with van der Waals surface area (Å²) in [5.74, 6) is -0.887. The van der Waals surface area contributed by atoms with E-state index in [0.29, 0.717) is 33.4 Å². The smallest absolute Gasteiger partial charge is 0.261 e. The van der Waals surface area contributed by atoms with Crippen LogP contribution in [0.3, 0.4) is 0 Å². The summed E-state index contributed by atoms with van der Waals surface area (Å²) in [5.41, 5.74) is 11.8. The molecule has 0 bridgehead atoms. The first-order valence-electron chi connectivity index (χ1n) is 10.8. The number of benzene rings is 3. The summed E-state index contributed by atoms with van der Waals surface area (Å²) >= 11 is 0. The maximum Gasteiger partial charge on any atom is 0.261 e. The van der Waals surface area contributed by atoms with Crippen LogP contribution in [0.5, 0.6) is 11.5 Å². The number of aryl methyl sites for hydroxylation is 2. The predicted octanol–water partition coefficient (Wildman–Crippen LogP) is 4.33. The fraction of sp³-hybridized carbons (Fsp3) is 0.0769. The molecule has 0 atom stereocenters. The summed E-state index contributed by atoms with van der Waals surface area (Å²) in [6.45, 7) is 3.97. The topological polar surface area (TPSA) is 139 Å². The van der Waals surface area contributed by atoms with Crippen LogP contribution in [0.4, 0.5) is 11.5 Å². The zero-order valence-corrected chi connectivity index (χ0v) is 19.0. The van der Waals surface area contributed by atoms with Crippen molar-refractivity contribution in [1.82, 2.24) is 14.6 Å². The Morgan fingerprint density at radius 2 is 1.71 bits per heavy atom. The second-order valence-electron chi connectivity index (χ2n) is 8.20. The van der Waals surface area contributed by atoms with Gasteiger partial charge in [0.1, 0.15) is 16.9 Å². The van der Waals surface area contributed by atoms with Crippen LogP contribution < -0.4 is 11.1 Å². The number of rotatable bonds is 4. The highest BCUT2D eigenvalue weighted by atomic mass is 16.3. The van der Waals surface area contributed by atoms with E-state index in [0.717, 1.165) is 11.1 Å². The molecule has 9 heteroatoms. The fourth-order valence-electron chi connectivity index (χ4n) is 3.75. The predicted molar refractivity (Wildman–Crippen MR) is 136 cm³/mol. The highest BCUT2D eigenvalue weighted by molar-refractivity contribution is 6.16. The summed E-state index contributed by atoms with van der Waals surface area (Å²) in [7, 11) is 0. The number of phenolic OH excluding ortho intramolecular Hbond substituents is 2. The van der Waals surface area contributed by atoms with Crippen LogP contribution in [0.1, 0.15) is 27.0 Å². The second-order valence-corrected chi connectivity index (χ2v) is 8.20.